The maximum atomic E-state index is 11.2. The Morgan fingerprint density at radius 1 is 1.21 bits per heavy atom. The van der Waals surface area contributed by atoms with E-state index in [1.165, 1.54) is 0 Å². The molecule has 0 aliphatic heterocycles. The van der Waals surface area contributed by atoms with Gasteiger partial charge >= 0.3 is 0 Å². The van der Waals surface area contributed by atoms with Gasteiger partial charge in [0.1, 0.15) is 5.75 Å². The van der Waals surface area contributed by atoms with Crippen molar-refractivity contribution in [1.29, 1.82) is 0 Å². The molecule has 2 aromatic rings. The molecule has 0 fully saturated rings. The van der Waals surface area contributed by atoms with Gasteiger partial charge in [-0.2, -0.15) is 0 Å². The maximum Gasteiger partial charge on any atom is 0.257 e. The molecule has 0 aliphatic carbocycles. The van der Waals surface area contributed by atoms with Crippen molar-refractivity contribution in [3.63, 3.8) is 0 Å². The second kappa shape index (κ2) is 12.4. The van der Waals surface area contributed by atoms with Crippen LogP contribution in [0.4, 0.5) is 0 Å². The summed E-state index contributed by atoms with van der Waals surface area (Å²) in [7, 11) is 1.58. The average Bonchev–Trinajstić information content (AvgIpc) is 2.73. The Hall–Kier alpha value is -2.12. The molecule has 3 N–H and O–H groups in total. The summed E-state index contributed by atoms with van der Waals surface area (Å²) < 4.78 is 11.2. The number of carbonyl (C=O) groups excluding carboxylic acids is 1. The molecule has 29 heavy (non-hydrogen) atoms. The predicted molar refractivity (Wildman–Crippen MR) is 114 cm³/mol. The highest BCUT2D eigenvalue weighted by molar-refractivity contribution is 6.30. The summed E-state index contributed by atoms with van der Waals surface area (Å²) in [6, 6.07) is 15.5. The van der Waals surface area contributed by atoms with Crippen molar-refractivity contribution in [2.24, 2.45) is 0 Å². The smallest absolute Gasteiger partial charge is 0.257 e. The summed E-state index contributed by atoms with van der Waals surface area (Å²) in [5.41, 5.74) is 2.14. The van der Waals surface area contributed by atoms with Crippen LogP contribution in [-0.2, 0) is 16.0 Å². The minimum atomic E-state index is -0.191. The zero-order chi connectivity index (χ0) is 21.1. The first-order valence-electron chi connectivity index (χ1n) is 9.65. The molecule has 0 heterocycles. The molecule has 7 heteroatoms. The number of nitrogens with one attached hydrogen (secondary N) is 2. The number of halogens is 1. The van der Waals surface area contributed by atoms with E-state index in [2.05, 4.69) is 17.6 Å². The summed E-state index contributed by atoms with van der Waals surface area (Å²) in [5.74, 6) is 0.501. The Balaban J connectivity index is 1.86. The first-order valence-corrected chi connectivity index (χ1v) is 10.0. The van der Waals surface area contributed by atoms with Gasteiger partial charge in [-0.05, 0) is 48.7 Å². The second-order valence-electron chi connectivity index (χ2n) is 6.76. The molecule has 6 nitrogen and oxygen atoms in total. The molecule has 158 valence electrons. The van der Waals surface area contributed by atoms with Crippen LogP contribution in [0.15, 0.2) is 48.5 Å². The number of aliphatic hydroxyl groups is 1. The molecule has 2 unspecified atom stereocenters. The Kier molecular flexibility index (Phi) is 9.94. The first kappa shape index (κ1) is 23.2. The molecule has 2 atom stereocenters. The van der Waals surface area contributed by atoms with Gasteiger partial charge in [-0.3, -0.25) is 4.79 Å². The fourth-order valence-corrected chi connectivity index (χ4v) is 3.05. The molecule has 0 aliphatic rings. The molecule has 0 aromatic heterocycles. The van der Waals surface area contributed by atoms with Gasteiger partial charge in [-0.15, -0.1) is 0 Å². The Morgan fingerprint density at radius 3 is 2.62 bits per heavy atom. The number of hydrogen-bond acceptors (Lipinski definition) is 5. The minimum absolute atomic E-state index is 0.00648. The van der Waals surface area contributed by atoms with E-state index < -0.39 is 0 Å². The van der Waals surface area contributed by atoms with Gasteiger partial charge in [-0.25, -0.2) is 0 Å². The number of ether oxygens (including phenoxy) is 2. The number of aliphatic hydroxyl groups excluding tert-OH is 1. The molecule has 0 radical (unpaired) electrons. The Bertz CT molecular complexity index is 755. The largest absolute Gasteiger partial charge is 0.484 e. The average molecular weight is 421 g/mol. The summed E-state index contributed by atoms with van der Waals surface area (Å²) in [6.07, 6.45) is 0.640. The predicted octanol–water partition coefficient (Wildman–Crippen LogP) is 2.74. The lowest BCUT2D eigenvalue weighted by Crippen LogP contribution is -2.33. The van der Waals surface area contributed by atoms with Gasteiger partial charge in [0, 0.05) is 24.7 Å². The molecule has 0 saturated carbocycles. The first-order chi connectivity index (χ1) is 14.0. The molecular weight excluding hydrogens is 392 g/mol. The third-order valence-electron chi connectivity index (χ3n) is 4.40. The highest BCUT2D eigenvalue weighted by Crippen LogP contribution is 2.21. The van der Waals surface area contributed by atoms with E-state index in [0.29, 0.717) is 17.3 Å². The van der Waals surface area contributed by atoms with Crippen molar-refractivity contribution < 1.29 is 19.4 Å². The maximum absolute atomic E-state index is 11.2. The van der Waals surface area contributed by atoms with Crippen molar-refractivity contribution in [3.8, 4) is 5.75 Å². The lowest BCUT2D eigenvalue weighted by molar-refractivity contribution is -0.122. The standard InChI is InChI=1S/C22H29ClN2O4/c1-16(12-17-6-8-20(9-7-17)29-15-22(27)24-2)25-14-21(28-11-10-26)18-4-3-5-19(23)13-18/h3-9,13,16,21,25-26H,10-12,14-15H2,1-2H3,(H,24,27). The van der Waals surface area contributed by atoms with Crippen molar-refractivity contribution in [2.45, 2.75) is 25.5 Å². The van der Waals surface area contributed by atoms with Gasteiger partial charge in [0.15, 0.2) is 6.61 Å². The van der Waals surface area contributed by atoms with Crippen LogP contribution in [0.3, 0.4) is 0 Å². The van der Waals surface area contributed by atoms with Crippen LogP contribution in [0.2, 0.25) is 5.02 Å². The monoisotopic (exact) mass is 420 g/mol. The minimum Gasteiger partial charge on any atom is -0.484 e. The summed E-state index contributed by atoms with van der Waals surface area (Å²) in [6.45, 7) is 2.96. The number of hydrogen-bond donors (Lipinski definition) is 3. The lowest BCUT2D eigenvalue weighted by atomic mass is 10.1. The highest BCUT2D eigenvalue weighted by atomic mass is 35.5. The van der Waals surface area contributed by atoms with Crippen LogP contribution in [0, 0.1) is 0 Å². The van der Waals surface area contributed by atoms with Crippen LogP contribution in [0.25, 0.3) is 0 Å². The Morgan fingerprint density at radius 2 is 1.97 bits per heavy atom. The van der Waals surface area contributed by atoms with Crippen molar-refractivity contribution in [1.82, 2.24) is 10.6 Å². The lowest BCUT2D eigenvalue weighted by Gasteiger charge is -2.22. The quantitative estimate of drug-likeness (QED) is 0.492. The molecule has 0 bridgehead atoms. The molecule has 2 aromatic carbocycles. The number of amides is 1. The van der Waals surface area contributed by atoms with E-state index in [1.807, 2.05) is 48.5 Å². The van der Waals surface area contributed by atoms with E-state index in [9.17, 15) is 4.79 Å². The van der Waals surface area contributed by atoms with Crippen molar-refractivity contribution >= 4 is 17.5 Å². The van der Waals surface area contributed by atoms with Crippen LogP contribution in [-0.4, -0.2) is 50.5 Å². The normalized spacial score (nSPS) is 13.0. The summed E-state index contributed by atoms with van der Waals surface area (Å²) >= 11 is 6.10. The van der Waals surface area contributed by atoms with Crippen LogP contribution >= 0.6 is 11.6 Å². The number of likely N-dealkylation sites (N-methyl/N-ethyl adjacent to an activating group) is 1. The fourth-order valence-electron chi connectivity index (χ4n) is 2.85. The fraction of sp³-hybridized carbons (Fsp3) is 0.409. The van der Waals surface area contributed by atoms with Gasteiger partial charge in [0.2, 0.25) is 0 Å². The van der Waals surface area contributed by atoms with Crippen LogP contribution in [0.1, 0.15) is 24.2 Å². The topological polar surface area (TPSA) is 79.8 Å². The van der Waals surface area contributed by atoms with Crippen molar-refractivity contribution in [3.05, 3.63) is 64.7 Å². The SMILES string of the molecule is CNC(=O)COc1ccc(CC(C)NCC(OCCO)c2cccc(Cl)c2)cc1. The number of carbonyl (C=O) groups is 1. The number of benzene rings is 2. The molecule has 1 amide bonds. The zero-order valence-corrected chi connectivity index (χ0v) is 17.6. The van der Waals surface area contributed by atoms with Crippen LogP contribution < -0.4 is 15.4 Å². The van der Waals surface area contributed by atoms with E-state index in [4.69, 9.17) is 26.2 Å². The highest BCUT2D eigenvalue weighted by Gasteiger charge is 2.14. The van der Waals surface area contributed by atoms with E-state index >= 15 is 0 Å². The number of rotatable bonds is 12. The molecular formula is C22H29ClN2O4. The van der Waals surface area contributed by atoms with Crippen molar-refractivity contribution in [2.75, 3.05) is 33.4 Å². The third kappa shape index (κ3) is 8.41. The van der Waals surface area contributed by atoms with E-state index in [1.54, 1.807) is 7.05 Å². The second-order valence-corrected chi connectivity index (χ2v) is 7.19. The van der Waals surface area contributed by atoms with Gasteiger partial charge in [-0.1, -0.05) is 35.9 Å². The van der Waals surface area contributed by atoms with Gasteiger partial charge < -0.3 is 25.2 Å². The van der Waals surface area contributed by atoms with Gasteiger partial charge in [0.25, 0.3) is 5.91 Å². The molecule has 0 spiro atoms. The molecule has 2 rings (SSSR count). The van der Waals surface area contributed by atoms with E-state index in [0.717, 1.165) is 17.5 Å². The van der Waals surface area contributed by atoms with Crippen LogP contribution in [0.5, 0.6) is 5.75 Å². The van der Waals surface area contributed by atoms with E-state index in [-0.39, 0.29) is 37.9 Å². The Labute approximate surface area is 177 Å². The summed E-state index contributed by atoms with van der Waals surface area (Å²) in [4.78, 5) is 11.2. The summed E-state index contributed by atoms with van der Waals surface area (Å²) in [5, 5.41) is 15.8. The molecule has 0 saturated heterocycles. The van der Waals surface area contributed by atoms with Gasteiger partial charge in [0.05, 0.1) is 19.3 Å². The third-order valence-corrected chi connectivity index (χ3v) is 4.63. The zero-order valence-electron chi connectivity index (χ0n) is 16.9.